The molecule has 0 aliphatic carbocycles. The van der Waals surface area contributed by atoms with Crippen LogP contribution in [0.15, 0.2) is 24.3 Å². The molecule has 2 heterocycles. The van der Waals surface area contributed by atoms with Crippen molar-refractivity contribution < 1.29 is 9.18 Å². The number of hydrogen-bond donors (Lipinski definition) is 2. The van der Waals surface area contributed by atoms with Gasteiger partial charge < -0.3 is 10.6 Å². The van der Waals surface area contributed by atoms with E-state index in [1.54, 1.807) is 12.1 Å². The van der Waals surface area contributed by atoms with E-state index in [1.807, 2.05) is 6.07 Å². The van der Waals surface area contributed by atoms with E-state index >= 15 is 0 Å². The smallest absolute Gasteiger partial charge is 0.220 e. The third kappa shape index (κ3) is 2.57. The Labute approximate surface area is 118 Å². The average Bonchev–Trinajstić information content (AvgIpc) is 2.69. The van der Waals surface area contributed by atoms with Gasteiger partial charge >= 0.3 is 0 Å². The van der Waals surface area contributed by atoms with E-state index in [0.29, 0.717) is 6.42 Å². The highest BCUT2D eigenvalue weighted by molar-refractivity contribution is 5.77. The van der Waals surface area contributed by atoms with Crippen LogP contribution in [-0.4, -0.2) is 17.5 Å². The second-order valence-corrected chi connectivity index (χ2v) is 6.24. The zero-order chi connectivity index (χ0) is 14.2. The minimum absolute atomic E-state index is 0.110. The molecule has 20 heavy (non-hydrogen) atoms. The Morgan fingerprint density at radius 1 is 1.35 bits per heavy atom. The summed E-state index contributed by atoms with van der Waals surface area (Å²) in [5.74, 6) is -0.0679. The highest BCUT2D eigenvalue weighted by Crippen LogP contribution is 2.37. The third-order valence-electron chi connectivity index (χ3n) is 4.62. The molecule has 3 nitrogen and oxygen atoms in total. The molecule has 4 heteroatoms. The Morgan fingerprint density at radius 2 is 2.20 bits per heavy atom. The maximum absolute atomic E-state index is 13.4. The molecular weight excluding hydrogens is 255 g/mol. The van der Waals surface area contributed by atoms with Crippen LogP contribution >= 0.6 is 0 Å². The molecular formula is C16H21FN2O. The highest BCUT2D eigenvalue weighted by atomic mass is 19.1. The zero-order valence-electron chi connectivity index (χ0n) is 11.8. The van der Waals surface area contributed by atoms with Crippen molar-refractivity contribution in [3.05, 3.63) is 35.6 Å². The van der Waals surface area contributed by atoms with Gasteiger partial charge in [0.1, 0.15) is 5.82 Å². The van der Waals surface area contributed by atoms with Gasteiger partial charge in [0.2, 0.25) is 5.91 Å². The number of rotatable bonds is 1. The molecule has 0 saturated carbocycles. The Morgan fingerprint density at radius 3 is 3.00 bits per heavy atom. The van der Waals surface area contributed by atoms with Gasteiger partial charge in [-0.05, 0) is 43.9 Å². The van der Waals surface area contributed by atoms with Gasteiger partial charge in [0, 0.05) is 18.5 Å². The minimum atomic E-state index is -0.228. The summed E-state index contributed by atoms with van der Waals surface area (Å²) in [6, 6.07) is 7.12. The first-order chi connectivity index (χ1) is 9.57. The van der Waals surface area contributed by atoms with Gasteiger partial charge in [0.05, 0.1) is 5.54 Å². The minimum Gasteiger partial charge on any atom is -0.349 e. The molecule has 2 saturated heterocycles. The van der Waals surface area contributed by atoms with Crippen molar-refractivity contribution in [1.29, 1.82) is 0 Å². The predicted molar refractivity (Wildman–Crippen MR) is 75.7 cm³/mol. The largest absolute Gasteiger partial charge is 0.349 e. The van der Waals surface area contributed by atoms with Gasteiger partial charge in [-0.3, -0.25) is 4.79 Å². The Bertz CT molecular complexity index is 519. The molecule has 1 aromatic rings. The van der Waals surface area contributed by atoms with E-state index in [-0.39, 0.29) is 29.3 Å². The van der Waals surface area contributed by atoms with E-state index in [0.717, 1.165) is 31.2 Å². The van der Waals surface area contributed by atoms with Crippen LogP contribution in [0.3, 0.4) is 0 Å². The number of carbonyl (C=O) groups excluding carboxylic acids is 1. The molecule has 1 aromatic carbocycles. The standard InChI is InChI=1S/C16H21FN2O/c1-16-10-13(11-5-4-6-12(17)9-11)18-14(16)7-2-3-8-15(20)19-16/h4-6,9,13-14,18H,2-3,7-8,10H2,1H3,(H,19,20)/t13-,14-,16-/m0/s1. The van der Waals surface area contributed by atoms with Crippen molar-refractivity contribution in [1.82, 2.24) is 10.6 Å². The lowest BCUT2D eigenvalue weighted by Crippen LogP contribution is -2.54. The van der Waals surface area contributed by atoms with Crippen molar-refractivity contribution in [2.24, 2.45) is 0 Å². The number of benzene rings is 1. The first-order valence-corrected chi connectivity index (χ1v) is 7.39. The summed E-state index contributed by atoms with van der Waals surface area (Å²) in [4.78, 5) is 11.9. The summed E-state index contributed by atoms with van der Waals surface area (Å²) < 4.78 is 13.4. The fourth-order valence-corrected chi connectivity index (χ4v) is 3.54. The molecule has 2 fully saturated rings. The van der Waals surface area contributed by atoms with E-state index in [4.69, 9.17) is 0 Å². The summed E-state index contributed by atoms with van der Waals surface area (Å²) in [5, 5.41) is 6.76. The van der Waals surface area contributed by atoms with Crippen LogP contribution in [0.25, 0.3) is 0 Å². The molecule has 0 bridgehead atoms. The van der Waals surface area contributed by atoms with Crippen LogP contribution in [0.5, 0.6) is 0 Å². The summed E-state index contributed by atoms with van der Waals surface area (Å²) in [6.45, 7) is 2.10. The molecule has 2 N–H and O–H groups in total. The Kier molecular flexibility index (Phi) is 3.50. The molecule has 0 spiro atoms. The lowest BCUT2D eigenvalue weighted by Gasteiger charge is -2.34. The molecule has 0 unspecified atom stereocenters. The van der Waals surface area contributed by atoms with Crippen LogP contribution in [0.4, 0.5) is 4.39 Å². The highest BCUT2D eigenvalue weighted by Gasteiger charge is 2.45. The number of fused-ring (bicyclic) bond motifs is 1. The first-order valence-electron chi connectivity index (χ1n) is 7.39. The zero-order valence-corrected chi connectivity index (χ0v) is 11.8. The number of hydrogen-bond acceptors (Lipinski definition) is 2. The second-order valence-electron chi connectivity index (χ2n) is 6.24. The van der Waals surface area contributed by atoms with Crippen LogP contribution in [-0.2, 0) is 4.79 Å². The van der Waals surface area contributed by atoms with Crippen molar-refractivity contribution in [3.63, 3.8) is 0 Å². The molecule has 0 radical (unpaired) electrons. The van der Waals surface area contributed by atoms with E-state index in [2.05, 4.69) is 17.6 Å². The molecule has 108 valence electrons. The van der Waals surface area contributed by atoms with E-state index in [9.17, 15) is 9.18 Å². The SMILES string of the molecule is C[C@]12C[C@@H](c3cccc(F)c3)N[C@H]1CCCCC(=O)N2. The number of carbonyl (C=O) groups is 1. The van der Waals surface area contributed by atoms with Crippen LogP contribution in [0.2, 0.25) is 0 Å². The second kappa shape index (κ2) is 5.17. The summed E-state index contributed by atoms with van der Waals surface area (Å²) >= 11 is 0. The number of amides is 1. The molecule has 3 rings (SSSR count). The van der Waals surface area contributed by atoms with Gasteiger partial charge in [0.15, 0.2) is 0 Å². The van der Waals surface area contributed by atoms with Gasteiger partial charge in [-0.15, -0.1) is 0 Å². The average molecular weight is 276 g/mol. The first kappa shape index (κ1) is 13.6. The maximum atomic E-state index is 13.4. The van der Waals surface area contributed by atoms with E-state index < -0.39 is 0 Å². The number of halogens is 1. The van der Waals surface area contributed by atoms with Crippen molar-refractivity contribution in [2.75, 3.05) is 0 Å². The normalized spacial score (nSPS) is 34.0. The van der Waals surface area contributed by atoms with Crippen LogP contribution in [0, 0.1) is 5.82 Å². The quantitative estimate of drug-likeness (QED) is 0.828. The molecule has 2 aliphatic rings. The third-order valence-corrected chi connectivity index (χ3v) is 4.62. The molecule has 2 aliphatic heterocycles. The van der Waals surface area contributed by atoms with Crippen LogP contribution in [0.1, 0.15) is 50.6 Å². The van der Waals surface area contributed by atoms with Crippen molar-refractivity contribution >= 4 is 5.91 Å². The van der Waals surface area contributed by atoms with E-state index in [1.165, 1.54) is 6.07 Å². The Hall–Kier alpha value is -1.42. The summed E-state index contributed by atoms with van der Waals surface area (Å²) in [5.41, 5.74) is 0.737. The maximum Gasteiger partial charge on any atom is 0.220 e. The lowest BCUT2D eigenvalue weighted by molar-refractivity contribution is -0.123. The number of nitrogens with one attached hydrogen (secondary N) is 2. The summed E-state index contributed by atoms with van der Waals surface area (Å²) in [6.07, 6.45) is 4.50. The Balaban J connectivity index is 1.83. The van der Waals surface area contributed by atoms with Gasteiger partial charge in [-0.2, -0.15) is 0 Å². The molecule has 0 aromatic heterocycles. The van der Waals surface area contributed by atoms with Gasteiger partial charge in [-0.1, -0.05) is 18.6 Å². The summed E-state index contributed by atoms with van der Waals surface area (Å²) in [7, 11) is 0. The lowest BCUT2D eigenvalue weighted by atomic mass is 9.85. The predicted octanol–water partition coefficient (Wildman–Crippen LogP) is 2.68. The molecule has 3 atom stereocenters. The topological polar surface area (TPSA) is 41.1 Å². The fraction of sp³-hybridized carbons (Fsp3) is 0.562. The van der Waals surface area contributed by atoms with Crippen molar-refractivity contribution in [2.45, 2.75) is 56.7 Å². The monoisotopic (exact) mass is 276 g/mol. The fourth-order valence-electron chi connectivity index (χ4n) is 3.54. The van der Waals surface area contributed by atoms with Crippen LogP contribution < -0.4 is 10.6 Å². The van der Waals surface area contributed by atoms with Crippen molar-refractivity contribution in [3.8, 4) is 0 Å². The molecule has 1 amide bonds. The van der Waals surface area contributed by atoms with Gasteiger partial charge in [-0.25, -0.2) is 4.39 Å². The van der Waals surface area contributed by atoms with Gasteiger partial charge in [0.25, 0.3) is 0 Å².